The van der Waals surface area contributed by atoms with E-state index in [-0.39, 0.29) is 31.1 Å². The van der Waals surface area contributed by atoms with Crippen LogP contribution in [-0.4, -0.2) is 37.2 Å². The zero-order valence-electron chi connectivity index (χ0n) is 51.3. The summed E-state index contributed by atoms with van der Waals surface area (Å²) in [6, 6.07) is 0. The third kappa shape index (κ3) is 64.3. The van der Waals surface area contributed by atoms with Gasteiger partial charge in [-0.15, -0.1) is 0 Å². The van der Waals surface area contributed by atoms with Gasteiger partial charge in [0.2, 0.25) is 0 Å². The molecule has 0 saturated carbocycles. The monoisotopic (exact) mass is 1090 g/mol. The van der Waals surface area contributed by atoms with E-state index in [0.29, 0.717) is 19.3 Å². The molecule has 0 aliphatic rings. The lowest BCUT2D eigenvalue weighted by molar-refractivity contribution is -0.167. The largest absolute Gasteiger partial charge is 0.462 e. The Balaban J connectivity index is 4.36. The zero-order chi connectivity index (χ0) is 57.1. The van der Waals surface area contributed by atoms with Crippen molar-refractivity contribution in [2.24, 2.45) is 0 Å². The maximum Gasteiger partial charge on any atom is 0.306 e. The molecular formula is C73H120O6. The van der Waals surface area contributed by atoms with Crippen molar-refractivity contribution in [2.45, 2.75) is 297 Å². The summed E-state index contributed by atoms with van der Waals surface area (Å²) < 4.78 is 16.9. The van der Waals surface area contributed by atoms with Gasteiger partial charge in [0, 0.05) is 19.3 Å². The van der Waals surface area contributed by atoms with Gasteiger partial charge in [-0.2, -0.15) is 0 Å². The second-order valence-electron chi connectivity index (χ2n) is 21.3. The minimum absolute atomic E-state index is 0.0952. The highest BCUT2D eigenvalue weighted by Gasteiger charge is 2.19. The Morgan fingerprint density at radius 2 is 0.494 bits per heavy atom. The molecule has 6 nitrogen and oxygen atoms in total. The zero-order valence-corrected chi connectivity index (χ0v) is 51.3. The van der Waals surface area contributed by atoms with Crippen LogP contribution in [-0.2, 0) is 28.6 Å². The van der Waals surface area contributed by atoms with Gasteiger partial charge in [-0.25, -0.2) is 0 Å². The predicted octanol–water partition coefficient (Wildman–Crippen LogP) is 22.5. The molecule has 0 bridgehead atoms. The molecule has 0 aromatic rings. The first-order valence-electron chi connectivity index (χ1n) is 32.7. The Morgan fingerprint density at radius 1 is 0.266 bits per heavy atom. The standard InChI is InChI=1S/C73H120O6/c1-4-7-10-13-16-19-22-25-28-29-30-31-32-33-34-35-36-37-38-39-40-41-42-43-46-48-51-54-57-60-63-66-72(75)78-69-70(79-73(76)67-64-61-58-55-52-49-45-27-24-21-18-15-12-9-6-3)68-77-71(74)65-62-59-56-53-50-47-44-26-23-20-17-14-11-8-5-2/h7,10,16,18-19,21,25-28,30-31,33-34,36-37,39-40,42-45,70H,4-6,8-9,11-15,17,20,22-24,29,32,35,38,41,46-69H2,1-3H3/b10-7-,19-16-,21-18-,28-25-,31-30-,34-33-,37-36-,40-39-,43-42-,44-26-,45-27-. The average molecular weight is 1090 g/mol. The fourth-order valence-electron chi connectivity index (χ4n) is 8.72. The molecule has 0 heterocycles. The van der Waals surface area contributed by atoms with Gasteiger partial charge in [-0.05, 0) is 141 Å². The van der Waals surface area contributed by atoms with Crippen LogP contribution in [0.4, 0.5) is 0 Å². The van der Waals surface area contributed by atoms with Crippen LogP contribution in [0.1, 0.15) is 290 Å². The molecule has 0 amide bonds. The quantitative estimate of drug-likeness (QED) is 0.0261. The summed E-state index contributed by atoms with van der Waals surface area (Å²) in [6.07, 6.45) is 93.1. The fourth-order valence-corrected chi connectivity index (χ4v) is 8.72. The summed E-state index contributed by atoms with van der Waals surface area (Å²) in [4.78, 5) is 38.3. The van der Waals surface area contributed by atoms with Crippen LogP contribution in [0, 0.1) is 0 Å². The Kier molecular flexibility index (Phi) is 62.3. The van der Waals surface area contributed by atoms with Crippen LogP contribution in [0.25, 0.3) is 0 Å². The minimum atomic E-state index is -0.800. The van der Waals surface area contributed by atoms with Crippen molar-refractivity contribution in [3.63, 3.8) is 0 Å². The van der Waals surface area contributed by atoms with Crippen molar-refractivity contribution in [1.82, 2.24) is 0 Å². The third-order valence-electron chi connectivity index (χ3n) is 13.6. The van der Waals surface area contributed by atoms with E-state index in [1.807, 2.05) is 0 Å². The fraction of sp³-hybridized carbons (Fsp3) is 0.658. The number of hydrogen-bond donors (Lipinski definition) is 0. The van der Waals surface area contributed by atoms with Crippen LogP contribution in [0.3, 0.4) is 0 Å². The molecule has 0 fully saturated rings. The second-order valence-corrected chi connectivity index (χ2v) is 21.3. The molecule has 79 heavy (non-hydrogen) atoms. The van der Waals surface area contributed by atoms with Gasteiger partial charge in [-0.1, -0.05) is 264 Å². The van der Waals surface area contributed by atoms with E-state index in [2.05, 4.69) is 154 Å². The number of rotatable bonds is 58. The van der Waals surface area contributed by atoms with Gasteiger partial charge in [0.1, 0.15) is 13.2 Å². The summed E-state index contributed by atoms with van der Waals surface area (Å²) in [6.45, 7) is 6.47. The van der Waals surface area contributed by atoms with E-state index in [1.54, 1.807) is 0 Å². The van der Waals surface area contributed by atoms with E-state index in [9.17, 15) is 14.4 Å². The lowest BCUT2D eigenvalue weighted by Gasteiger charge is -2.18. The van der Waals surface area contributed by atoms with Crippen molar-refractivity contribution in [3.05, 3.63) is 134 Å². The average Bonchev–Trinajstić information content (AvgIpc) is 3.45. The highest BCUT2D eigenvalue weighted by molar-refractivity contribution is 5.71. The Hall–Kier alpha value is -4.45. The van der Waals surface area contributed by atoms with Gasteiger partial charge in [-0.3, -0.25) is 14.4 Å². The molecule has 0 saturated heterocycles. The number of unbranched alkanes of at least 4 members (excludes halogenated alkanes) is 25. The molecule has 0 radical (unpaired) electrons. The SMILES string of the molecule is CC/C=C\C/C=C\C/C=C\C/C=C\C/C=C\C/C=C\C/C=C\C/C=C\CCCCCCCCC(=O)OCC(COC(=O)CCCCCCC/C=C\CCCCCCCC)OC(=O)CCCCCCC/C=C\C/C=C\CCCCC. The van der Waals surface area contributed by atoms with Gasteiger partial charge in [0.05, 0.1) is 0 Å². The molecule has 0 spiro atoms. The number of esters is 3. The van der Waals surface area contributed by atoms with Gasteiger partial charge in [0.25, 0.3) is 0 Å². The summed E-state index contributed by atoms with van der Waals surface area (Å²) in [5.74, 6) is -0.929. The molecule has 0 aromatic carbocycles. The second kappa shape index (κ2) is 66.1. The number of hydrogen-bond acceptors (Lipinski definition) is 6. The number of carbonyl (C=O) groups excluding carboxylic acids is 3. The number of allylic oxidation sites excluding steroid dienone is 22. The normalized spacial score (nSPS) is 13.0. The lowest BCUT2D eigenvalue weighted by Crippen LogP contribution is -2.30. The van der Waals surface area contributed by atoms with E-state index >= 15 is 0 Å². The molecule has 448 valence electrons. The highest BCUT2D eigenvalue weighted by atomic mass is 16.6. The molecule has 0 aliphatic carbocycles. The maximum absolute atomic E-state index is 12.9. The summed E-state index contributed by atoms with van der Waals surface area (Å²) >= 11 is 0. The summed E-state index contributed by atoms with van der Waals surface area (Å²) in [5.41, 5.74) is 0. The molecule has 0 aliphatic heterocycles. The van der Waals surface area contributed by atoms with Gasteiger partial charge < -0.3 is 14.2 Å². The Morgan fingerprint density at radius 3 is 0.810 bits per heavy atom. The van der Waals surface area contributed by atoms with Crippen molar-refractivity contribution in [2.75, 3.05) is 13.2 Å². The predicted molar refractivity (Wildman–Crippen MR) is 343 cm³/mol. The van der Waals surface area contributed by atoms with E-state index in [1.165, 1.54) is 96.3 Å². The van der Waals surface area contributed by atoms with Gasteiger partial charge >= 0.3 is 17.9 Å². The number of carbonyl (C=O) groups is 3. The van der Waals surface area contributed by atoms with Gasteiger partial charge in [0.15, 0.2) is 6.10 Å². The molecule has 1 unspecified atom stereocenters. The summed E-state index contributed by atoms with van der Waals surface area (Å²) in [7, 11) is 0. The lowest BCUT2D eigenvalue weighted by atomic mass is 10.1. The first-order valence-corrected chi connectivity index (χ1v) is 32.7. The van der Waals surface area contributed by atoms with E-state index in [4.69, 9.17) is 14.2 Å². The topological polar surface area (TPSA) is 78.9 Å². The molecule has 0 aromatic heterocycles. The first-order chi connectivity index (χ1) is 39.0. The van der Waals surface area contributed by atoms with Crippen molar-refractivity contribution < 1.29 is 28.6 Å². The van der Waals surface area contributed by atoms with Crippen molar-refractivity contribution >= 4 is 17.9 Å². The van der Waals surface area contributed by atoms with Crippen LogP contribution in [0.5, 0.6) is 0 Å². The van der Waals surface area contributed by atoms with Crippen molar-refractivity contribution in [3.8, 4) is 0 Å². The van der Waals surface area contributed by atoms with Crippen LogP contribution in [0.15, 0.2) is 134 Å². The smallest absolute Gasteiger partial charge is 0.306 e. The molecule has 0 N–H and O–H groups in total. The molecule has 1 atom stereocenters. The Bertz CT molecular complexity index is 1680. The van der Waals surface area contributed by atoms with E-state index in [0.717, 1.165) is 154 Å². The Labute approximate surface area is 487 Å². The third-order valence-corrected chi connectivity index (χ3v) is 13.6. The summed E-state index contributed by atoms with van der Waals surface area (Å²) in [5, 5.41) is 0. The molecule has 0 rings (SSSR count). The maximum atomic E-state index is 12.9. The van der Waals surface area contributed by atoms with Crippen LogP contribution < -0.4 is 0 Å². The number of ether oxygens (including phenoxy) is 3. The molecular weight excluding hydrogens is 973 g/mol. The minimum Gasteiger partial charge on any atom is -0.462 e. The van der Waals surface area contributed by atoms with Crippen LogP contribution >= 0.6 is 0 Å². The first kappa shape index (κ1) is 74.5. The highest BCUT2D eigenvalue weighted by Crippen LogP contribution is 2.14. The van der Waals surface area contributed by atoms with Crippen LogP contribution in [0.2, 0.25) is 0 Å². The molecule has 6 heteroatoms. The van der Waals surface area contributed by atoms with E-state index < -0.39 is 6.10 Å². The van der Waals surface area contributed by atoms with Crippen molar-refractivity contribution in [1.29, 1.82) is 0 Å².